The van der Waals surface area contributed by atoms with E-state index in [1.807, 2.05) is 6.07 Å². The van der Waals surface area contributed by atoms with Crippen molar-refractivity contribution < 1.29 is 4.92 Å². The molecule has 2 atom stereocenters. The highest BCUT2D eigenvalue weighted by atomic mass is 35.5. The molecule has 0 aliphatic heterocycles. The molecular formula is C11H13ClN2O2. The van der Waals surface area contributed by atoms with E-state index >= 15 is 0 Å². The molecule has 2 rings (SSSR count). The van der Waals surface area contributed by atoms with Gasteiger partial charge >= 0.3 is 0 Å². The summed E-state index contributed by atoms with van der Waals surface area (Å²) in [6.07, 6.45) is 5.20. The third-order valence-corrected chi connectivity index (χ3v) is 3.40. The van der Waals surface area contributed by atoms with Gasteiger partial charge in [-0.2, -0.15) is 0 Å². The van der Waals surface area contributed by atoms with Gasteiger partial charge in [-0.3, -0.25) is 10.1 Å². The number of hydrogen-bond donors (Lipinski definition) is 0. The zero-order valence-electron chi connectivity index (χ0n) is 8.80. The first-order chi connectivity index (χ1) is 7.68. The lowest BCUT2D eigenvalue weighted by Gasteiger charge is -2.25. The standard InChI is InChI=1S/C11H13ClN2O2/c12-11-6-5-8(7-13-11)9-3-1-2-4-10(9)14(15)16/h5-7,9-10H,1-4H2. The number of pyridine rings is 1. The Morgan fingerprint density at radius 1 is 1.38 bits per heavy atom. The van der Waals surface area contributed by atoms with Gasteiger partial charge < -0.3 is 0 Å². The summed E-state index contributed by atoms with van der Waals surface area (Å²) in [5, 5.41) is 11.4. The Labute approximate surface area is 98.8 Å². The Morgan fingerprint density at radius 2 is 2.12 bits per heavy atom. The van der Waals surface area contributed by atoms with Gasteiger partial charge in [0.25, 0.3) is 0 Å². The molecule has 4 nitrogen and oxygen atoms in total. The second-order valence-corrected chi connectivity index (χ2v) is 4.55. The fourth-order valence-corrected chi connectivity index (χ4v) is 2.47. The summed E-state index contributed by atoms with van der Waals surface area (Å²) in [4.78, 5) is 14.8. The van der Waals surface area contributed by atoms with E-state index in [4.69, 9.17) is 11.6 Å². The second-order valence-electron chi connectivity index (χ2n) is 4.16. The summed E-state index contributed by atoms with van der Waals surface area (Å²) < 4.78 is 0. The van der Waals surface area contributed by atoms with Gasteiger partial charge in [0, 0.05) is 17.5 Å². The number of nitro groups is 1. The molecule has 1 aromatic heterocycles. The number of aromatic nitrogens is 1. The summed E-state index contributed by atoms with van der Waals surface area (Å²) in [5.74, 6) is -0.00600. The maximum atomic E-state index is 11.0. The van der Waals surface area contributed by atoms with Crippen molar-refractivity contribution in [1.29, 1.82) is 0 Å². The van der Waals surface area contributed by atoms with Crippen LogP contribution < -0.4 is 0 Å². The van der Waals surface area contributed by atoms with Crippen LogP contribution in [0.2, 0.25) is 5.15 Å². The highest BCUT2D eigenvalue weighted by Gasteiger charge is 2.35. The van der Waals surface area contributed by atoms with E-state index < -0.39 is 6.04 Å². The average molecular weight is 241 g/mol. The Hall–Kier alpha value is -1.16. The zero-order valence-corrected chi connectivity index (χ0v) is 9.56. The lowest BCUT2D eigenvalue weighted by molar-refractivity contribution is -0.530. The van der Waals surface area contributed by atoms with Crippen LogP contribution in [0.4, 0.5) is 0 Å². The summed E-state index contributed by atoms with van der Waals surface area (Å²) in [5.41, 5.74) is 0.936. The van der Waals surface area contributed by atoms with Crippen LogP contribution in [0, 0.1) is 10.1 Å². The maximum Gasteiger partial charge on any atom is 0.219 e. The summed E-state index contributed by atoms with van der Waals surface area (Å²) in [6.45, 7) is 0. The molecule has 0 radical (unpaired) electrons. The molecule has 1 aromatic rings. The van der Waals surface area contributed by atoms with Crippen molar-refractivity contribution in [3.05, 3.63) is 39.2 Å². The Kier molecular flexibility index (Phi) is 3.39. The maximum absolute atomic E-state index is 11.0. The van der Waals surface area contributed by atoms with Gasteiger partial charge in [0.1, 0.15) is 5.15 Å². The average Bonchev–Trinajstić information content (AvgIpc) is 2.30. The molecule has 0 N–H and O–H groups in total. The molecule has 1 fully saturated rings. The molecule has 0 aromatic carbocycles. The molecule has 1 saturated carbocycles. The van der Waals surface area contributed by atoms with Crippen LogP contribution in [0.25, 0.3) is 0 Å². The minimum absolute atomic E-state index is 0.00600. The minimum Gasteiger partial charge on any atom is -0.264 e. The van der Waals surface area contributed by atoms with Crippen molar-refractivity contribution in [3.63, 3.8) is 0 Å². The summed E-state index contributed by atoms with van der Waals surface area (Å²) in [6, 6.07) is 3.08. The van der Waals surface area contributed by atoms with Gasteiger partial charge in [0.2, 0.25) is 6.04 Å². The fourth-order valence-electron chi connectivity index (χ4n) is 2.36. The van der Waals surface area contributed by atoms with Gasteiger partial charge in [-0.25, -0.2) is 4.98 Å². The van der Waals surface area contributed by atoms with Crippen LogP contribution in [0.3, 0.4) is 0 Å². The van der Waals surface area contributed by atoms with Crippen LogP contribution in [0.1, 0.15) is 37.2 Å². The number of nitrogens with zero attached hydrogens (tertiary/aromatic N) is 2. The van der Waals surface area contributed by atoms with Crippen LogP contribution in [-0.2, 0) is 0 Å². The SMILES string of the molecule is O=[N+]([O-])C1CCCCC1c1ccc(Cl)nc1. The van der Waals surface area contributed by atoms with Crippen molar-refractivity contribution >= 4 is 11.6 Å². The smallest absolute Gasteiger partial charge is 0.219 e. The first-order valence-corrected chi connectivity index (χ1v) is 5.81. The van der Waals surface area contributed by atoms with Crippen molar-refractivity contribution in [1.82, 2.24) is 4.98 Å². The second kappa shape index (κ2) is 4.78. The topological polar surface area (TPSA) is 56.0 Å². The Balaban J connectivity index is 2.23. The molecule has 86 valence electrons. The third-order valence-electron chi connectivity index (χ3n) is 3.18. The first-order valence-electron chi connectivity index (χ1n) is 5.43. The fraction of sp³-hybridized carbons (Fsp3) is 0.545. The third kappa shape index (κ3) is 2.32. The van der Waals surface area contributed by atoms with Crippen molar-refractivity contribution in [2.75, 3.05) is 0 Å². The zero-order chi connectivity index (χ0) is 11.5. The van der Waals surface area contributed by atoms with Crippen molar-refractivity contribution in [2.24, 2.45) is 0 Å². The lowest BCUT2D eigenvalue weighted by Crippen LogP contribution is -2.30. The van der Waals surface area contributed by atoms with E-state index in [9.17, 15) is 10.1 Å². The van der Waals surface area contributed by atoms with Crippen molar-refractivity contribution in [3.8, 4) is 0 Å². The van der Waals surface area contributed by atoms with Gasteiger partial charge in [-0.15, -0.1) is 0 Å². The van der Waals surface area contributed by atoms with Crippen LogP contribution >= 0.6 is 11.6 Å². The quantitative estimate of drug-likeness (QED) is 0.454. The van der Waals surface area contributed by atoms with Gasteiger partial charge in [-0.05, 0) is 24.5 Å². The van der Waals surface area contributed by atoms with Crippen molar-refractivity contribution in [2.45, 2.75) is 37.6 Å². The van der Waals surface area contributed by atoms with Crippen LogP contribution in [0.15, 0.2) is 18.3 Å². The van der Waals surface area contributed by atoms with Crippen LogP contribution in [-0.4, -0.2) is 15.9 Å². The summed E-state index contributed by atoms with van der Waals surface area (Å²) in [7, 11) is 0. The highest BCUT2D eigenvalue weighted by Crippen LogP contribution is 2.34. The van der Waals surface area contributed by atoms with E-state index in [-0.39, 0.29) is 10.8 Å². The Bertz CT molecular complexity index is 380. The van der Waals surface area contributed by atoms with Gasteiger partial charge in [0.05, 0.1) is 5.92 Å². The molecule has 0 bridgehead atoms. The van der Waals surface area contributed by atoms with Gasteiger partial charge in [0.15, 0.2) is 0 Å². The normalized spacial score (nSPS) is 25.3. The Morgan fingerprint density at radius 3 is 2.75 bits per heavy atom. The number of rotatable bonds is 2. The van der Waals surface area contributed by atoms with Gasteiger partial charge in [-0.1, -0.05) is 24.1 Å². The number of hydrogen-bond acceptors (Lipinski definition) is 3. The largest absolute Gasteiger partial charge is 0.264 e. The molecule has 2 unspecified atom stereocenters. The van der Waals surface area contributed by atoms with Crippen LogP contribution in [0.5, 0.6) is 0 Å². The first kappa shape index (κ1) is 11.3. The molecule has 0 amide bonds. The molecule has 1 aliphatic carbocycles. The van der Waals surface area contributed by atoms with E-state index in [1.165, 1.54) is 0 Å². The van der Waals surface area contributed by atoms with E-state index in [1.54, 1.807) is 12.3 Å². The van der Waals surface area contributed by atoms with E-state index in [0.717, 1.165) is 24.8 Å². The molecule has 1 aliphatic rings. The van der Waals surface area contributed by atoms with E-state index in [0.29, 0.717) is 11.6 Å². The van der Waals surface area contributed by atoms with E-state index in [2.05, 4.69) is 4.98 Å². The lowest BCUT2D eigenvalue weighted by atomic mass is 9.81. The molecule has 16 heavy (non-hydrogen) atoms. The predicted molar refractivity (Wildman–Crippen MR) is 61.2 cm³/mol. The monoisotopic (exact) mass is 240 g/mol. The highest BCUT2D eigenvalue weighted by molar-refractivity contribution is 6.29. The molecule has 0 saturated heterocycles. The molecule has 0 spiro atoms. The molecule has 5 heteroatoms. The molecule has 1 heterocycles. The minimum atomic E-state index is -0.461. The number of halogens is 1. The molecular weight excluding hydrogens is 228 g/mol. The summed E-state index contributed by atoms with van der Waals surface area (Å²) >= 11 is 5.70. The predicted octanol–water partition coefficient (Wildman–Crippen LogP) is 3.04.